The van der Waals surface area contributed by atoms with Crippen molar-refractivity contribution in [1.29, 1.82) is 0 Å². The lowest BCUT2D eigenvalue weighted by Crippen LogP contribution is -2.31. The van der Waals surface area contributed by atoms with Gasteiger partial charge in [-0.1, -0.05) is 23.2 Å². The van der Waals surface area contributed by atoms with Crippen LogP contribution in [0.3, 0.4) is 0 Å². The van der Waals surface area contributed by atoms with E-state index in [-0.39, 0.29) is 30.4 Å². The van der Waals surface area contributed by atoms with Gasteiger partial charge >= 0.3 is 0 Å². The van der Waals surface area contributed by atoms with Gasteiger partial charge in [-0.05, 0) is 38.2 Å². The number of nitrogens with zero attached hydrogens (tertiary/aromatic N) is 1. The van der Waals surface area contributed by atoms with Crippen molar-refractivity contribution < 1.29 is 4.79 Å². The van der Waals surface area contributed by atoms with Crippen molar-refractivity contribution in [2.45, 2.75) is 6.42 Å². The van der Waals surface area contributed by atoms with E-state index in [1.807, 2.05) is 7.05 Å². The molecule has 0 atom stereocenters. The molecular weight excluding hydrogens is 410 g/mol. The number of halogens is 4. The molecule has 0 fully saturated rings. The predicted molar refractivity (Wildman–Crippen MR) is 106 cm³/mol. The molecular formula is C15H18Cl4N4O2. The lowest BCUT2D eigenvalue weighted by molar-refractivity contribution is 0.0951. The van der Waals surface area contributed by atoms with E-state index in [2.05, 4.69) is 20.6 Å². The number of aromatic nitrogens is 2. The van der Waals surface area contributed by atoms with Gasteiger partial charge in [-0.15, -0.1) is 24.8 Å². The molecule has 138 valence electrons. The second-order valence-corrected chi connectivity index (χ2v) is 5.72. The summed E-state index contributed by atoms with van der Waals surface area (Å²) in [7, 11) is 1.83. The Kier molecular flexibility index (Phi) is 10.7. The first-order chi connectivity index (χ1) is 11.0. The summed E-state index contributed by atoms with van der Waals surface area (Å²) in [6, 6.07) is 4.84. The predicted octanol–water partition coefficient (Wildman–Crippen LogP) is 2.93. The van der Waals surface area contributed by atoms with Crippen molar-refractivity contribution in [3.8, 4) is 11.4 Å². The van der Waals surface area contributed by atoms with Crippen LogP contribution in [0.5, 0.6) is 0 Å². The van der Waals surface area contributed by atoms with Gasteiger partial charge in [0.1, 0.15) is 11.4 Å². The van der Waals surface area contributed by atoms with Crippen molar-refractivity contribution >= 4 is 53.9 Å². The van der Waals surface area contributed by atoms with Crippen LogP contribution in [0.15, 0.2) is 29.2 Å². The maximum absolute atomic E-state index is 12.1. The molecule has 0 saturated carbocycles. The van der Waals surface area contributed by atoms with E-state index < -0.39 is 11.5 Å². The summed E-state index contributed by atoms with van der Waals surface area (Å²) >= 11 is 11.9. The van der Waals surface area contributed by atoms with Crippen LogP contribution in [0.25, 0.3) is 11.4 Å². The smallest absolute Gasteiger partial charge is 0.264 e. The third-order valence-corrected chi connectivity index (χ3v) is 3.51. The molecule has 3 N–H and O–H groups in total. The Labute approximate surface area is 167 Å². The summed E-state index contributed by atoms with van der Waals surface area (Å²) in [5.41, 5.74) is 0.0177. The molecule has 1 aromatic carbocycles. The van der Waals surface area contributed by atoms with Crippen molar-refractivity contribution in [3.63, 3.8) is 0 Å². The van der Waals surface area contributed by atoms with Crippen LogP contribution in [0.2, 0.25) is 10.0 Å². The molecule has 0 aliphatic carbocycles. The number of nitrogens with one attached hydrogen (secondary N) is 3. The van der Waals surface area contributed by atoms with Gasteiger partial charge in [0, 0.05) is 28.4 Å². The normalized spacial score (nSPS) is 9.72. The zero-order chi connectivity index (χ0) is 16.8. The monoisotopic (exact) mass is 426 g/mol. The maximum atomic E-state index is 12.1. The number of hydrogen-bond donors (Lipinski definition) is 3. The topological polar surface area (TPSA) is 86.9 Å². The van der Waals surface area contributed by atoms with E-state index in [4.69, 9.17) is 23.2 Å². The Balaban J connectivity index is 0.00000288. The fourth-order valence-corrected chi connectivity index (χ4v) is 2.48. The van der Waals surface area contributed by atoms with Gasteiger partial charge in [0.05, 0.1) is 0 Å². The Bertz CT molecular complexity index is 747. The quantitative estimate of drug-likeness (QED) is 0.618. The van der Waals surface area contributed by atoms with Crippen molar-refractivity contribution in [2.75, 3.05) is 20.1 Å². The minimum atomic E-state index is -0.516. The minimum absolute atomic E-state index is 0. The lowest BCUT2D eigenvalue weighted by Gasteiger charge is -2.06. The molecule has 1 heterocycles. The van der Waals surface area contributed by atoms with Crippen LogP contribution in [0.1, 0.15) is 16.8 Å². The van der Waals surface area contributed by atoms with Gasteiger partial charge in [0.15, 0.2) is 0 Å². The summed E-state index contributed by atoms with van der Waals surface area (Å²) in [5.74, 6) is -0.156. The van der Waals surface area contributed by atoms with Crippen molar-refractivity contribution in [3.05, 3.63) is 50.4 Å². The number of aromatic amines is 1. The first kappa shape index (κ1) is 23.7. The molecule has 6 nitrogen and oxygen atoms in total. The highest BCUT2D eigenvalue weighted by molar-refractivity contribution is 6.35. The lowest BCUT2D eigenvalue weighted by atomic mass is 10.2. The van der Waals surface area contributed by atoms with Crippen LogP contribution in [-0.2, 0) is 0 Å². The van der Waals surface area contributed by atoms with E-state index in [0.29, 0.717) is 28.0 Å². The van der Waals surface area contributed by atoms with E-state index in [1.54, 1.807) is 18.2 Å². The summed E-state index contributed by atoms with van der Waals surface area (Å²) in [6.45, 7) is 1.26. The summed E-state index contributed by atoms with van der Waals surface area (Å²) < 4.78 is 0. The molecule has 0 aliphatic heterocycles. The van der Waals surface area contributed by atoms with Crippen LogP contribution in [-0.4, -0.2) is 36.0 Å². The number of hydrogen-bond acceptors (Lipinski definition) is 4. The number of H-pyrrole nitrogens is 1. The average molecular weight is 428 g/mol. The Hall–Kier alpha value is -1.31. The standard InChI is InChI=1S/C15H16Cl2N4O2.2ClH/c1-18-3-2-4-19-14(22)12-8-20-13(21-15(12)23)9-5-10(16)7-11(17)6-9;;/h5-8,18H,2-4H2,1H3,(H,19,22)(H,20,21,23);2*1H. The third kappa shape index (κ3) is 6.84. The summed E-state index contributed by atoms with van der Waals surface area (Å²) in [5, 5.41) is 6.51. The van der Waals surface area contributed by atoms with Gasteiger partial charge in [0.2, 0.25) is 0 Å². The highest BCUT2D eigenvalue weighted by Gasteiger charge is 2.12. The molecule has 2 rings (SSSR count). The van der Waals surface area contributed by atoms with E-state index >= 15 is 0 Å². The molecule has 10 heteroatoms. The Morgan fingerprint density at radius 2 is 1.80 bits per heavy atom. The highest BCUT2D eigenvalue weighted by Crippen LogP contribution is 2.24. The van der Waals surface area contributed by atoms with Crippen molar-refractivity contribution in [2.24, 2.45) is 0 Å². The average Bonchev–Trinajstić information content (AvgIpc) is 2.50. The van der Waals surface area contributed by atoms with Gasteiger partial charge in [-0.2, -0.15) is 0 Å². The second kappa shape index (κ2) is 11.3. The van der Waals surface area contributed by atoms with Gasteiger partial charge in [0.25, 0.3) is 11.5 Å². The summed E-state index contributed by atoms with van der Waals surface area (Å²) in [4.78, 5) is 30.7. The fraction of sp³-hybridized carbons (Fsp3) is 0.267. The molecule has 25 heavy (non-hydrogen) atoms. The SMILES string of the molecule is CNCCCNC(=O)c1cnc(-c2cc(Cl)cc(Cl)c2)[nH]c1=O.Cl.Cl. The van der Waals surface area contributed by atoms with Crippen LogP contribution in [0.4, 0.5) is 0 Å². The fourth-order valence-electron chi connectivity index (χ4n) is 1.96. The van der Waals surface area contributed by atoms with E-state index in [1.165, 1.54) is 6.20 Å². The molecule has 0 spiro atoms. The molecule has 1 aromatic heterocycles. The van der Waals surface area contributed by atoms with Crippen LogP contribution >= 0.6 is 48.0 Å². The Morgan fingerprint density at radius 3 is 2.36 bits per heavy atom. The van der Waals surface area contributed by atoms with Crippen LogP contribution < -0.4 is 16.2 Å². The Morgan fingerprint density at radius 1 is 1.16 bits per heavy atom. The maximum Gasteiger partial charge on any atom is 0.264 e. The largest absolute Gasteiger partial charge is 0.352 e. The molecule has 0 unspecified atom stereocenters. The number of carbonyl (C=O) groups is 1. The zero-order valence-electron chi connectivity index (χ0n) is 13.3. The number of carbonyl (C=O) groups excluding carboxylic acids is 1. The second-order valence-electron chi connectivity index (χ2n) is 4.85. The number of rotatable bonds is 6. The van der Waals surface area contributed by atoms with E-state index in [0.717, 1.165) is 13.0 Å². The molecule has 0 bridgehead atoms. The van der Waals surface area contributed by atoms with Crippen LogP contribution in [0, 0.1) is 0 Å². The zero-order valence-corrected chi connectivity index (χ0v) is 16.4. The minimum Gasteiger partial charge on any atom is -0.352 e. The van der Waals surface area contributed by atoms with Gasteiger partial charge in [-0.3, -0.25) is 9.59 Å². The summed E-state index contributed by atoms with van der Waals surface area (Å²) in [6.07, 6.45) is 2.02. The number of benzene rings is 1. The number of amides is 1. The highest BCUT2D eigenvalue weighted by atomic mass is 35.5. The first-order valence-electron chi connectivity index (χ1n) is 7.00. The molecule has 0 aliphatic rings. The van der Waals surface area contributed by atoms with Gasteiger partial charge < -0.3 is 15.6 Å². The van der Waals surface area contributed by atoms with Gasteiger partial charge in [-0.25, -0.2) is 4.98 Å². The molecule has 0 saturated heterocycles. The van der Waals surface area contributed by atoms with Crippen molar-refractivity contribution in [1.82, 2.24) is 20.6 Å². The molecule has 2 aromatic rings. The van der Waals surface area contributed by atoms with E-state index in [9.17, 15) is 9.59 Å². The third-order valence-electron chi connectivity index (χ3n) is 3.07. The molecule has 1 amide bonds. The first-order valence-corrected chi connectivity index (χ1v) is 7.75. The molecule has 0 radical (unpaired) electrons.